The number of anilines is 1. The summed E-state index contributed by atoms with van der Waals surface area (Å²) in [6.07, 6.45) is 1.61. The second kappa shape index (κ2) is 5.40. The fourth-order valence-corrected chi connectivity index (χ4v) is 2.21. The van der Waals surface area contributed by atoms with Gasteiger partial charge in [0.2, 0.25) is 0 Å². The number of carbonyl (C=O) groups is 2. The molecule has 2 heterocycles. The van der Waals surface area contributed by atoms with Crippen LogP contribution in [-0.2, 0) is 7.05 Å². The lowest BCUT2D eigenvalue weighted by atomic mass is 10.2. The van der Waals surface area contributed by atoms with E-state index in [0.717, 1.165) is 0 Å². The van der Waals surface area contributed by atoms with Crippen LogP contribution in [0.3, 0.4) is 0 Å². The molecule has 20 heavy (non-hydrogen) atoms. The molecule has 0 spiro atoms. The second-order valence-electron chi connectivity index (χ2n) is 5.06. The normalized spacial score (nSPS) is 15.3. The van der Waals surface area contributed by atoms with E-state index in [1.807, 2.05) is 0 Å². The number of nitrogens with two attached hydrogens (primary N) is 1. The van der Waals surface area contributed by atoms with E-state index in [2.05, 4.69) is 5.10 Å². The molecule has 0 bridgehead atoms. The third-order valence-corrected chi connectivity index (χ3v) is 3.28. The Morgan fingerprint density at radius 3 is 2.20 bits per heavy atom. The van der Waals surface area contributed by atoms with E-state index in [0.29, 0.717) is 31.9 Å². The van der Waals surface area contributed by atoms with Crippen LogP contribution in [0, 0.1) is 0 Å². The Labute approximate surface area is 117 Å². The number of nitrogen functional groups attached to an aromatic ring is 1. The molecule has 2 N–H and O–H groups in total. The molecule has 0 radical (unpaired) electrons. The van der Waals surface area contributed by atoms with Gasteiger partial charge in [0, 0.05) is 53.5 Å². The van der Waals surface area contributed by atoms with Gasteiger partial charge in [-0.15, -0.1) is 0 Å². The van der Waals surface area contributed by atoms with Crippen LogP contribution in [0.25, 0.3) is 0 Å². The first-order valence-electron chi connectivity index (χ1n) is 6.44. The summed E-state index contributed by atoms with van der Waals surface area (Å²) in [5, 5.41) is 4.08. The largest absolute Gasteiger partial charge is 0.396 e. The SMILES string of the molecule is CN(C)C(=O)N1CCN(C(=O)c2nn(C)cc2N)CC1. The molecule has 1 aromatic heterocycles. The van der Waals surface area contributed by atoms with Crippen LogP contribution in [0.2, 0.25) is 0 Å². The van der Waals surface area contributed by atoms with Crippen molar-refractivity contribution in [2.45, 2.75) is 0 Å². The van der Waals surface area contributed by atoms with Crippen molar-refractivity contribution in [2.75, 3.05) is 46.0 Å². The third kappa shape index (κ3) is 2.68. The molecule has 1 aromatic rings. The van der Waals surface area contributed by atoms with E-state index in [9.17, 15) is 9.59 Å². The minimum atomic E-state index is -0.181. The van der Waals surface area contributed by atoms with Gasteiger partial charge in [0.15, 0.2) is 5.69 Å². The Kier molecular flexibility index (Phi) is 3.82. The summed E-state index contributed by atoms with van der Waals surface area (Å²) >= 11 is 0. The zero-order chi connectivity index (χ0) is 14.9. The van der Waals surface area contributed by atoms with Crippen molar-refractivity contribution in [2.24, 2.45) is 7.05 Å². The van der Waals surface area contributed by atoms with Crippen LogP contribution in [-0.4, -0.2) is 76.7 Å². The van der Waals surface area contributed by atoms with Crippen LogP contribution in [0.1, 0.15) is 10.5 Å². The van der Waals surface area contributed by atoms with Crippen molar-refractivity contribution in [3.63, 3.8) is 0 Å². The molecule has 0 saturated carbocycles. The molecule has 110 valence electrons. The molecule has 1 fully saturated rings. The van der Waals surface area contributed by atoms with Crippen molar-refractivity contribution in [3.8, 4) is 0 Å². The number of piperazine rings is 1. The van der Waals surface area contributed by atoms with E-state index < -0.39 is 0 Å². The van der Waals surface area contributed by atoms with E-state index in [1.54, 1.807) is 37.1 Å². The van der Waals surface area contributed by atoms with E-state index in [4.69, 9.17) is 5.73 Å². The van der Waals surface area contributed by atoms with Crippen LogP contribution in [0.5, 0.6) is 0 Å². The van der Waals surface area contributed by atoms with Crippen LogP contribution in [0.4, 0.5) is 10.5 Å². The van der Waals surface area contributed by atoms with Gasteiger partial charge in [0.1, 0.15) is 0 Å². The monoisotopic (exact) mass is 280 g/mol. The zero-order valence-electron chi connectivity index (χ0n) is 12.0. The lowest BCUT2D eigenvalue weighted by Gasteiger charge is -2.35. The average molecular weight is 280 g/mol. The van der Waals surface area contributed by atoms with Gasteiger partial charge >= 0.3 is 6.03 Å². The first-order valence-corrected chi connectivity index (χ1v) is 6.44. The highest BCUT2D eigenvalue weighted by molar-refractivity contribution is 5.97. The molecule has 8 heteroatoms. The van der Waals surface area contributed by atoms with Crippen molar-refractivity contribution in [1.82, 2.24) is 24.5 Å². The first-order chi connectivity index (χ1) is 9.40. The highest BCUT2D eigenvalue weighted by Gasteiger charge is 2.27. The Bertz CT molecular complexity index is 516. The maximum absolute atomic E-state index is 12.3. The van der Waals surface area contributed by atoms with Gasteiger partial charge in [-0.2, -0.15) is 5.10 Å². The molecular formula is C12H20N6O2. The Morgan fingerprint density at radius 2 is 1.75 bits per heavy atom. The minimum Gasteiger partial charge on any atom is -0.396 e. The average Bonchev–Trinajstić information content (AvgIpc) is 2.76. The fraction of sp³-hybridized carbons (Fsp3) is 0.583. The molecule has 1 saturated heterocycles. The minimum absolute atomic E-state index is 0.0329. The molecular weight excluding hydrogens is 260 g/mol. The maximum Gasteiger partial charge on any atom is 0.319 e. The van der Waals surface area contributed by atoms with Gasteiger partial charge in [-0.1, -0.05) is 0 Å². The van der Waals surface area contributed by atoms with Gasteiger partial charge in [-0.25, -0.2) is 4.79 Å². The molecule has 0 atom stereocenters. The molecule has 1 aliphatic rings. The summed E-state index contributed by atoms with van der Waals surface area (Å²) < 4.78 is 1.52. The van der Waals surface area contributed by atoms with Crippen LogP contribution < -0.4 is 5.73 Å². The number of aryl methyl sites for hydroxylation is 1. The van der Waals surface area contributed by atoms with Crippen LogP contribution in [0.15, 0.2) is 6.20 Å². The van der Waals surface area contributed by atoms with Crippen molar-refractivity contribution >= 4 is 17.6 Å². The standard InChI is InChI=1S/C12H20N6O2/c1-15(2)12(20)18-6-4-17(5-7-18)11(19)10-9(13)8-16(3)14-10/h8H,4-7,13H2,1-3H3. The molecule has 1 aliphatic heterocycles. The predicted octanol–water partition coefficient (Wildman–Crippen LogP) is -0.558. The summed E-state index contributed by atoms with van der Waals surface area (Å²) in [6, 6.07) is -0.0329. The second-order valence-corrected chi connectivity index (χ2v) is 5.06. The maximum atomic E-state index is 12.3. The number of amides is 3. The third-order valence-electron chi connectivity index (χ3n) is 3.28. The molecule has 2 rings (SSSR count). The number of hydrogen-bond acceptors (Lipinski definition) is 4. The number of aromatic nitrogens is 2. The molecule has 8 nitrogen and oxygen atoms in total. The molecule has 3 amide bonds. The summed E-state index contributed by atoms with van der Waals surface area (Å²) in [5.41, 5.74) is 6.42. The van der Waals surface area contributed by atoms with Crippen LogP contribution >= 0.6 is 0 Å². The number of urea groups is 1. The quantitative estimate of drug-likeness (QED) is 0.747. The summed E-state index contributed by atoms with van der Waals surface area (Å²) in [5.74, 6) is -0.181. The van der Waals surface area contributed by atoms with Crippen molar-refractivity contribution in [3.05, 3.63) is 11.9 Å². The highest BCUT2D eigenvalue weighted by atomic mass is 16.2. The Hall–Kier alpha value is -2.25. The summed E-state index contributed by atoms with van der Waals surface area (Å²) in [7, 11) is 5.16. The molecule has 0 aliphatic carbocycles. The topological polar surface area (TPSA) is 87.7 Å². The lowest BCUT2D eigenvalue weighted by Crippen LogP contribution is -2.53. The lowest BCUT2D eigenvalue weighted by molar-refractivity contribution is 0.0645. The van der Waals surface area contributed by atoms with E-state index in [-0.39, 0.29) is 17.6 Å². The number of carbonyl (C=O) groups excluding carboxylic acids is 2. The summed E-state index contributed by atoms with van der Waals surface area (Å²) in [6.45, 7) is 2.04. The van der Waals surface area contributed by atoms with Gasteiger partial charge in [0.05, 0.1) is 5.69 Å². The fourth-order valence-electron chi connectivity index (χ4n) is 2.21. The molecule has 0 aromatic carbocycles. The number of rotatable bonds is 1. The zero-order valence-corrected chi connectivity index (χ0v) is 12.0. The number of nitrogens with zero attached hydrogens (tertiary/aromatic N) is 5. The molecule has 0 unspecified atom stereocenters. The van der Waals surface area contributed by atoms with E-state index >= 15 is 0 Å². The Balaban J connectivity index is 1.99. The Morgan fingerprint density at radius 1 is 1.20 bits per heavy atom. The van der Waals surface area contributed by atoms with Gasteiger partial charge in [-0.05, 0) is 0 Å². The highest BCUT2D eigenvalue weighted by Crippen LogP contribution is 2.13. The summed E-state index contributed by atoms with van der Waals surface area (Å²) in [4.78, 5) is 29.1. The van der Waals surface area contributed by atoms with Gasteiger partial charge in [-0.3, -0.25) is 9.48 Å². The first kappa shape index (κ1) is 14.2. The van der Waals surface area contributed by atoms with Gasteiger partial charge in [0.25, 0.3) is 5.91 Å². The van der Waals surface area contributed by atoms with Crippen molar-refractivity contribution < 1.29 is 9.59 Å². The predicted molar refractivity (Wildman–Crippen MR) is 74.2 cm³/mol. The van der Waals surface area contributed by atoms with Gasteiger partial charge < -0.3 is 20.4 Å². The smallest absolute Gasteiger partial charge is 0.319 e. The van der Waals surface area contributed by atoms with E-state index in [1.165, 1.54) is 9.58 Å². The number of hydrogen-bond donors (Lipinski definition) is 1. The van der Waals surface area contributed by atoms with Crippen molar-refractivity contribution in [1.29, 1.82) is 0 Å².